The fraction of sp³-hybridized carbons (Fsp3) is 0.714. The molecule has 0 atom stereocenters. The van der Waals surface area contributed by atoms with E-state index < -0.39 is 8.07 Å². The molecule has 23 heavy (non-hydrogen) atoms. The summed E-state index contributed by atoms with van der Waals surface area (Å²) in [6.07, 6.45) is 3.31. The molecule has 0 aliphatic heterocycles. The molecule has 128 valence electrons. The molecule has 0 amide bonds. The van der Waals surface area contributed by atoms with Crippen molar-refractivity contribution in [2.75, 3.05) is 13.2 Å². The molecule has 0 heterocycles. The lowest BCUT2D eigenvalue weighted by atomic mass is 10.2. The lowest BCUT2D eigenvalue weighted by Gasteiger charge is -2.37. The average molecular weight is 331 g/mol. The van der Waals surface area contributed by atoms with Gasteiger partial charge in [-0.3, -0.25) is 0 Å². The molecule has 0 saturated carbocycles. The Morgan fingerprint density at radius 3 is 1.87 bits per heavy atom. The Morgan fingerprint density at radius 1 is 0.783 bits per heavy atom. The van der Waals surface area contributed by atoms with Gasteiger partial charge in [0.15, 0.2) is 0 Å². The number of unbranched alkanes of at least 4 members (excludes halogenated alkanes) is 2. The van der Waals surface area contributed by atoms with Crippen LogP contribution in [0.2, 0.25) is 16.6 Å². The highest BCUT2D eigenvalue weighted by Crippen LogP contribution is 2.40. The number of ether oxygens (including phenoxy) is 1. The van der Waals surface area contributed by atoms with Gasteiger partial charge in [0.05, 0.1) is 0 Å². The van der Waals surface area contributed by atoms with Crippen LogP contribution in [0, 0.1) is 35.1 Å². The van der Waals surface area contributed by atoms with E-state index in [1.54, 1.807) is 0 Å². The zero-order chi connectivity index (χ0) is 17.7. The van der Waals surface area contributed by atoms with Crippen molar-refractivity contribution in [3.63, 3.8) is 0 Å². The maximum absolute atomic E-state index is 5.38. The molecule has 0 bridgehead atoms. The summed E-state index contributed by atoms with van der Waals surface area (Å²) in [4.78, 5) is 0. The maximum Gasteiger partial charge on any atom is 0.147 e. The van der Waals surface area contributed by atoms with Crippen LogP contribution in [-0.4, -0.2) is 21.3 Å². The fourth-order valence-corrected chi connectivity index (χ4v) is 8.36. The van der Waals surface area contributed by atoms with E-state index in [0.717, 1.165) is 12.8 Å². The summed E-state index contributed by atoms with van der Waals surface area (Å²) in [7, 11) is -1.65. The first kappa shape index (κ1) is 21.9. The summed E-state index contributed by atoms with van der Waals surface area (Å²) in [5.74, 6) is 15.2. The number of hydrogen-bond donors (Lipinski definition) is 0. The van der Waals surface area contributed by atoms with Crippen molar-refractivity contribution >= 4 is 8.07 Å². The number of hydrogen-bond acceptors (Lipinski definition) is 1. The molecular formula is C21H34OSi. The molecule has 0 aliphatic carbocycles. The van der Waals surface area contributed by atoms with Crippen LogP contribution in [0.1, 0.15) is 67.7 Å². The van der Waals surface area contributed by atoms with Gasteiger partial charge in [0, 0.05) is 6.42 Å². The summed E-state index contributed by atoms with van der Waals surface area (Å²) < 4.78 is 5.38. The van der Waals surface area contributed by atoms with E-state index in [1.165, 1.54) is 6.42 Å². The van der Waals surface area contributed by atoms with Crippen LogP contribution >= 0.6 is 0 Å². The van der Waals surface area contributed by atoms with E-state index >= 15 is 0 Å². The summed E-state index contributed by atoms with van der Waals surface area (Å²) in [6.45, 7) is 16.9. The first-order valence-corrected chi connectivity index (χ1v) is 11.2. The molecule has 0 unspecified atom stereocenters. The van der Waals surface area contributed by atoms with Crippen molar-refractivity contribution < 1.29 is 4.74 Å². The SMILES string of the molecule is CCCCC#CCOCC#CC#C[Si](C(C)C)(C(C)C)C(C)C. The molecule has 0 aromatic heterocycles. The van der Waals surface area contributed by atoms with E-state index in [0.29, 0.717) is 29.8 Å². The Morgan fingerprint density at radius 2 is 1.35 bits per heavy atom. The van der Waals surface area contributed by atoms with Crippen molar-refractivity contribution in [2.45, 2.75) is 84.4 Å². The van der Waals surface area contributed by atoms with Crippen LogP contribution in [0.25, 0.3) is 0 Å². The van der Waals surface area contributed by atoms with E-state index in [2.05, 4.69) is 83.6 Å². The highest BCUT2D eigenvalue weighted by Gasteiger charge is 2.41. The van der Waals surface area contributed by atoms with Gasteiger partial charge in [0.1, 0.15) is 21.3 Å². The van der Waals surface area contributed by atoms with Crippen LogP contribution in [0.3, 0.4) is 0 Å². The minimum atomic E-state index is -1.65. The minimum Gasteiger partial charge on any atom is -0.356 e. The largest absolute Gasteiger partial charge is 0.356 e. The van der Waals surface area contributed by atoms with Crippen molar-refractivity contribution in [1.29, 1.82) is 0 Å². The van der Waals surface area contributed by atoms with Gasteiger partial charge in [-0.1, -0.05) is 66.7 Å². The van der Waals surface area contributed by atoms with Gasteiger partial charge in [-0.05, 0) is 34.9 Å². The van der Waals surface area contributed by atoms with Gasteiger partial charge in [-0.25, -0.2) is 0 Å². The third-order valence-electron chi connectivity index (χ3n) is 4.42. The van der Waals surface area contributed by atoms with Crippen molar-refractivity contribution in [2.24, 2.45) is 0 Å². The molecule has 0 rings (SSSR count). The van der Waals surface area contributed by atoms with Crippen molar-refractivity contribution in [3.8, 4) is 35.1 Å². The Bertz CT molecular complexity index is 475. The van der Waals surface area contributed by atoms with Gasteiger partial charge < -0.3 is 4.74 Å². The Balaban J connectivity index is 4.50. The molecular weight excluding hydrogens is 296 g/mol. The third kappa shape index (κ3) is 7.79. The maximum atomic E-state index is 5.38. The first-order chi connectivity index (χ1) is 10.9. The van der Waals surface area contributed by atoms with Gasteiger partial charge in [-0.15, -0.1) is 11.5 Å². The molecule has 0 aromatic carbocycles. The second kappa shape index (κ2) is 12.3. The highest BCUT2D eigenvalue weighted by molar-refractivity contribution is 6.90. The number of rotatable bonds is 7. The summed E-state index contributed by atoms with van der Waals surface area (Å²) in [6, 6.07) is 0. The second-order valence-corrected chi connectivity index (χ2v) is 12.5. The molecule has 2 heteroatoms. The molecule has 0 N–H and O–H groups in total. The van der Waals surface area contributed by atoms with Crippen molar-refractivity contribution in [3.05, 3.63) is 0 Å². The monoisotopic (exact) mass is 330 g/mol. The summed E-state index contributed by atoms with van der Waals surface area (Å²) in [5, 5.41) is 0. The average Bonchev–Trinajstić information content (AvgIpc) is 2.47. The molecule has 0 aromatic rings. The zero-order valence-electron chi connectivity index (χ0n) is 16.2. The minimum absolute atomic E-state index is 0.413. The summed E-state index contributed by atoms with van der Waals surface area (Å²) in [5.41, 5.74) is 5.52. The standard InChI is InChI=1S/C21H34OSi/c1-8-9-10-11-13-16-22-17-14-12-15-18-23(19(2)3,20(4)5)21(6)7/h19-21H,8-10,16-17H2,1-7H3. The predicted octanol–water partition coefficient (Wildman–Crippen LogP) is 5.42. The van der Waals surface area contributed by atoms with Gasteiger partial charge in [-0.2, -0.15) is 0 Å². The first-order valence-electron chi connectivity index (χ1n) is 8.93. The van der Waals surface area contributed by atoms with E-state index in [-0.39, 0.29) is 0 Å². The van der Waals surface area contributed by atoms with E-state index in [1.807, 2.05) is 0 Å². The normalized spacial score (nSPS) is 10.7. The summed E-state index contributed by atoms with van der Waals surface area (Å²) >= 11 is 0. The second-order valence-electron chi connectivity index (χ2n) is 6.90. The third-order valence-corrected chi connectivity index (χ3v) is 10.7. The molecule has 0 radical (unpaired) electrons. The van der Waals surface area contributed by atoms with Crippen LogP contribution in [0.5, 0.6) is 0 Å². The van der Waals surface area contributed by atoms with Gasteiger partial charge >= 0.3 is 0 Å². The fourth-order valence-electron chi connectivity index (χ4n) is 3.21. The quantitative estimate of drug-likeness (QED) is 0.344. The van der Waals surface area contributed by atoms with Crippen LogP contribution in [0.15, 0.2) is 0 Å². The lowest BCUT2D eigenvalue weighted by Crippen LogP contribution is -2.43. The van der Waals surface area contributed by atoms with Gasteiger partial charge in [0.2, 0.25) is 0 Å². The Hall–Kier alpha value is -1.14. The lowest BCUT2D eigenvalue weighted by molar-refractivity contribution is 0.204. The zero-order valence-corrected chi connectivity index (χ0v) is 17.2. The molecule has 0 fully saturated rings. The molecule has 0 aliphatic rings. The van der Waals surface area contributed by atoms with Crippen LogP contribution in [-0.2, 0) is 4.74 Å². The van der Waals surface area contributed by atoms with Crippen molar-refractivity contribution in [1.82, 2.24) is 0 Å². The Kier molecular flexibility index (Phi) is 11.7. The molecule has 0 spiro atoms. The van der Waals surface area contributed by atoms with Gasteiger partial charge in [0.25, 0.3) is 0 Å². The topological polar surface area (TPSA) is 9.23 Å². The van der Waals surface area contributed by atoms with E-state index in [9.17, 15) is 0 Å². The van der Waals surface area contributed by atoms with Crippen LogP contribution in [0.4, 0.5) is 0 Å². The van der Waals surface area contributed by atoms with Crippen LogP contribution < -0.4 is 0 Å². The molecule has 0 saturated heterocycles. The highest BCUT2D eigenvalue weighted by atomic mass is 28.3. The predicted molar refractivity (Wildman–Crippen MR) is 105 cm³/mol. The molecule has 1 nitrogen and oxygen atoms in total. The smallest absolute Gasteiger partial charge is 0.147 e. The Labute approximate surface area is 146 Å². The van der Waals surface area contributed by atoms with E-state index in [4.69, 9.17) is 4.74 Å².